The van der Waals surface area contributed by atoms with Gasteiger partial charge < -0.3 is 10.4 Å². The predicted molar refractivity (Wildman–Crippen MR) is 85.5 cm³/mol. The number of carbonyl (C=O) groups excluding carboxylic acids is 1. The quantitative estimate of drug-likeness (QED) is 0.910. The summed E-state index contributed by atoms with van der Waals surface area (Å²) >= 11 is 3.22. The van der Waals surface area contributed by atoms with Crippen LogP contribution in [0.2, 0.25) is 0 Å². The number of hydrogen-bond acceptors (Lipinski definition) is 5. The van der Waals surface area contributed by atoms with Crippen molar-refractivity contribution >= 4 is 28.6 Å². The minimum atomic E-state index is -0.403. The van der Waals surface area contributed by atoms with Gasteiger partial charge in [0, 0.05) is 5.38 Å². The Kier molecular flexibility index (Phi) is 4.67. The van der Waals surface area contributed by atoms with Crippen molar-refractivity contribution in [2.24, 2.45) is 0 Å². The van der Waals surface area contributed by atoms with E-state index in [1.807, 2.05) is 22.9 Å². The molecule has 0 bridgehead atoms. The zero-order valence-corrected chi connectivity index (χ0v) is 13.3. The third kappa shape index (κ3) is 3.70. The number of thiazole rings is 1. The number of nitrogens with zero attached hydrogens (tertiary/aromatic N) is 1. The average Bonchev–Trinajstić information content (AvgIpc) is 3.12. The summed E-state index contributed by atoms with van der Waals surface area (Å²) in [4.78, 5) is 17.7. The van der Waals surface area contributed by atoms with Gasteiger partial charge in [-0.05, 0) is 24.3 Å². The van der Waals surface area contributed by atoms with Crippen molar-refractivity contribution < 1.29 is 9.90 Å². The first-order valence-corrected chi connectivity index (χ1v) is 8.94. The Hall–Kier alpha value is -1.24. The van der Waals surface area contributed by atoms with Gasteiger partial charge in [-0.25, -0.2) is 4.98 Å². The first-order valence-electron chi connectivity index (χ1n) is 7.18. The molecule has 2 N–H and O–H groups in total. The molecule has 6 heteroatoms. The van der Waals surface area contributed by atoms with Crippen molar-refractivity contribution in [1.29, 1.82) is 0 Å². The van der Waals surface area contributed by atoms with Crippen LogP contribution in [0.3, 0.4) is 0 Å². The Bertz CT molecular complexity index is 595. The van der Waals surface area contributed by atoms with E-state index in [9.17, 15) is 9.90 Å². The van der Waals surface area contributed by atoms with Gasteiger partial charge in [0.1, 0.15) is 5.01 Å². The third-order valence-electron chi connectivity index (χ3n) is 3.70. The van der Waals surface area contributed by atoms with Crippen LogP contribution in [0.1, 0.15) is 31.4 Å². The van der Waals surface area contributed by atoms with Gasteiger partial charge >= 0.3 is 0 Å². The second kappa shape index (κ2) is 6.68. The van der Waals surface area contributed by atoms with Gasteiger partial charge in [-0.15, -0.1) is 22.7 Å². The summed E-state index contributed by atoms with van der Waals surface area (Å²) in [5.74, 6) is -0.0519. The number of aliphatic hydroxyl groups excluding tert-OH is 1. The summed E-state index contributed by atoms with van der Waals surface area (Å²) in [6.07, 6.45) is 3.64. The molecule has 1 amide bonds. The molecule has 1 aliphatic rings. The predicted octanol–water partition coefficient (Wildman–Crippen LogP) is 2.83. The van der Waals surface area contributed by atoms with Gasteiger partial charge in [0.25, 0.3) is 0 Å². The van der Waals surface area contributed by atoms with E-state index < -0.39 is 6.10 Å². The normalized spacial score (nSPS) is 22.1. The fraction of sp³-hybridized carbons (Fsp3) is 0.467. The molecule has 0 radical (unpaired) electrons. The summed E-state index contributed by atoms with van der Waals surface area (Å²) in [6.45, 7) is 0. The maximum atomic E-state index is 12.1. The van der Waals surface area contributed by atoms with Gasteiger partial charge in [0.2, 0.25) is 5.91 Å². The maximum absolute atomic E-state index is 12.1. The summed E-state index contributed by atoms with van der Waals surface area (Å²) in [5.41, 5.74) is 0.797. The van der Waals surface area contributed by atoms with E-state index in [0.717, 1.165) is 41.3 Å². The molecule has 0 aliphatic heterocycles. The van der Waals surface area contributed by atoms with E-state index in [1.54, 1.807) is 22.7 Å². The van der Waals surface area contributed by atoms with Crippen molar-refractivity contribution in [3.8, 4) is 9.88 Å². The first-order chi connectivity index (χ1) is 10.2. The topological polar surface area (TPSA) is 62.2 Å². The highest BCUT2D eigenvalue weighted by Crippen LogP contribution is 2.28. The lowest BCUT2D eigenvalue weighted by Gasteiger charge is -2.28. The molecule has 112 valence electrons. The van der Waals surface area contributed by atoms with E-state index in [2.05, 4.69) is 10.3 Å². The molecule has 0 spiro atoms. The fourth-order valence-corrected chi connectivity index (χ4v) is 4.24. The van der Waals surface area contributed by atoms with Crippen molar-refractivity contribution in [2.45, 2.75) is 44.2 Å². The van der Waals surface area contributed by atoms with Crippen LogP contribution >= 0.6 is 22.7 Å². The number of nitrogens with one attached hydrogen (secondary N) is 1. The number of rotatable bonds is 4. The van der Waals surface area contributed by atoms with Crippen LogP contribution in [0.25, 0.3) is 9.88 Å². The van der Waals surface area contributed by atoms with E-state index in [4.69, 9.17) is 0 Å². The van der Waals surface area contributed by atoms with E-state index in [-0.39, 0.29) is 18.4 Å². The minimum Gasteiger partial charge on any atom is -0.391 e. The lowest BCUT2D eigenvalue weighted by atomic mass is 9.92. The van der Waals surface area contributed by atoms with E-state index in [0.29, 0.717) is 0 Å². The molecule has 0 aromatic carbocycles. The second-order valence-corrected chi connectivity index (χ2v) is 7.13. The van der Waals surface area contributed by atoms with Gasteiger partial charge in [0.15, 0.2) is 0 Å². The van der Waals surface area contributed by atoms with Crippen LogP contribution in [-0.4, -0.2) is 28.1 Å². The van der Waals surface area contributed by atoms with Crippen LogP contribution < -0.4 is 5.32 Å². The summed E-state index contributed by atoms with van der Waals surface area (Å²) in [5, 5.41) is 17.7. The van der Waals surface area contributed by atoms with Crippen molar-refractivity contribution in [2.75, 3.05) is 0 Å². The lowest BCUT2D eigenvalue weighted by Crippen LogP contribution is -2.45. The molecule has 2 heterocycles. The van der Waals surface area contributed by atoms with Gasteiger partial charge in [-0.3, -0.25) is 4.79 Å². The van der Waals surface area contributed by atoms with Crippen LogP contribution in [0, 0.1) is 0 Å². The number of hydrogen-bond donors (Lipinski definition) is 2. The standard InChI is InChI=1S/C15H18N2O2S2/c18-12-5-2-1-4-11(12)17-14(19)8-10-9-21-15(16-10)13-6-3-7-20-13/h3,6-7,9,11-12,18H,1-2,4-5,8H2,(H,17,19)/t11-,12-/m1/s1. The maximum Gasteiger partial charge on any atom is 0.226 e. The molecule has 1 fully saturated rings. The largest absolute Gasteiger partial charge is 0.391 e. The molecule has 2 aromatic heterocycles. The summed E-state index contributed by atoms with van der Waals surface area (Å²) < 4.78 is 0. The molecule has 0 saturated heterocycles. The Labute approximate surface area is 131 Å². The number of carbonyl (C=O) groups is 1. The minimum absolute atomic E-state index is 0.0519. The highest BCUT2D eigenvalue weighted by Gasteiger charge is 2.24. The number of amides is 1. The fourth-order valence-electron chi connectivity index (χ4n) is 2.60. The molecule has 4 nitrogen and oxygen atoms in total. The zero-order chi connectivity index (χ0) is 14.7. The summed E-state index contributed by atoms with van der Waals surface area (Å²) in [7, 11) is 0. The third-order valence-corrected chi connectivity index (χ3v) is 5.63. The summed E-state index contributed by atoms with van der Waals surface area (Å²) in [6, 6.07) is 3.94. The van der Waals surface area contributed by atoms with Crippen molar-refractivity contribution in [1.82, 2.24) is 10.3 Å². The smallest absolute Gasteiger partial charge is 0.226 e. The molecule has 2 aromatic rings. The molecule has 3 rings (SSSR count). The van der Waals surface area contributed by atoms with E-state index in [1.165, 1.54) is 0 Å². The lowest BCUT2D eigenvalue weighted by molar-refractivity contribution is -0.122. The highest BCUT2D eigenvalue weighted by molar-refractivity contribution is 7.20. The molecular weight excluding hydrogens is 304 g/mol. The molecule has 1 aliphatic carbocycles. The van der Waals surface area contributed by atoms with Crippen LogP contribution in [0.4, 0.5) is 0 Å². The van der Waals surface area contributed by atoms with Gasteiger partial charge in [0.05, 0.1) is 29.1 Å². The van der Waals surface area contributed by atoms with Crippen LogP contribution in [0.15, 0.2) is 22.9 Å². The Morgan fingerprint density at radius 1 is 1.38 bits per heavy atom. The molecular formula is C15H18N2O2S2. The van der Waals surface area contributed by atoms with Crippen molar-refractivity contribution in [3.63, 3.8) is 0 Å². The van der Waals surface area contributed by atoms with Crippen LogP contribution in [0.5, 0.6) is 0 Å². The van der Waals surface area contributed by atoms with E-state index >= 15 is 0 Å². The van der Waals surface area contributed by atoms with Crippen molar-refractivity contribution in [3.05, 3.63) is 28.6 Å². The Morgan fingerprint density at radius 2 is 2.24 bits per heavy atom. The number of thiophene rings is 1. The number of aromatic nitrogens is 1. The van der Waals surface area contributed by atoms with Crippen LogP contribution in [-0.2, 0) is 11.2 Å². The van der Waals surface area contributed by atoms with Gasteiger partial charge in [-0.1, -0.05) is 18.9 Å². The molecule has 2 atom stereocenters. The Balaban J connectivity index is 1.57. The zero-order valence-electron chi connectivity index (χ0n) is 11.6. The average molecular weight is 322 g/mol. The second-order valence-electron chi connectivity index (χ2n) is 5.32. The number of aliphatic hydroxyl groups is 1. The Morgan fingerprint density at radius 3 is 3.00 bits per heavy atom. The van der Waals surface area contributed by atoms with Gasteiger partial charge in [-0.2, -0.15) is 0 Å². The monoisotopic (exact) mass is 322 g/mol. The highest BCUT2D eigenvalue weighted by atomic mass is 32.1. The molecule has 21 heavy (non-hydrogen) atoms. The first kappa shape index (κ1) is 14.7. The molecule has 0 unspecified atom stereocenters. The SMILES string of the molecule is O=C(Cc1csc(-c2cccs2)n1)N[C@@H]1CCCC[C@H]1O. The molecule has 1 saturated carbocycles.